The summed E-state index contributed by atoms with van der Waals surface area (Å²) in [5, 5.41) is 28.8. The maximum Gasteiger partial charge on any atom is 0.490 e. The molecule has 2 aromatic heterocycles. The number of nitrogen functional groups attached to an aromatic ring is 1. The predicted octanol–water partition coefficient (Wildman–Crippen LogP) is 7.47. The summed E-state index contributed by atoms with van der Waals surface area (Å²) in [6.45, 7) is 4.14. The number of anilines is 2. The van der Waals surface area contributed by atoms with Gasteiger partial charge in [0.2, 0.25) is 0 Å². The van der Waals surface area contributed by atoms with E-state index in [-0.39, 0.29) is 11.3 Å². The Labute approximate surface area is 295 Å². The Morgan fingerprint density at radius 3 is 2.11 bits per heavy atom. The van der Waals surface area contributed by atoms with Gasteiger partial charge in [-0.1, -0.05) is 25.1 Å². The summed E-state index contributed by atoms with van der Waals surface area (Å²) in [6, 6.07) is 16.9. The number of fused-ring (bicyclic) bond motifs is 1. The molecule has 0 saturated heterocycles. The minimum Gasteiger partial charge on any atom is -0.491 e. The third kappa shape index (κ3) is 11.0. The number of pyridine rings is 1. The third-order valence-electron chi connectivity index (χ3n) is 7.03. The van der Waals surface area contributed by atoms with Crippen LogP contribution in [0.25, 0.3) is 22.0 Å². The van der Waals surface area contributed by atoms with Gasteiger partial charge >= 0.3 is 30.3 Å². The molecule has 0 aliphatic heterocycles. The lowest BCUT2D eigenvalue weighted by molar-refractivity contribution is -0.193. The van der Waals surface area contributed by atoms with Gasteiger partial charge in [-0.2, -0.15) is 26.3 Å². The number of aromatic nitrogens is 3. The lowest BCUT2D eigenvalue weighted by atomic mass is 9.99. The highest BCUT2D eigenvalue weighted by molar-refractivity contribution is 5.93. The van der Waals surface area contributed by atoms with Crippen molar-refractivity contribution in [3.05, 3.63) is 101 Å². The van der Waals surface area contributed by atoms with Crippen LogP contribution in [0.1, 0.15) is 47.2 Å². The van der Waals surface area contributed by atoms with E-state index in [2.05, 4.69) is 20.3 Å². The molecule has 12 nitrogen and oxygen atoms in total. The van der Waals surface area contributed by atoms with Gasteiger partial charge in [-0.05, 0) is 66.8 Å². The van der Waals surface area contributed by atoms with Gasteiger partial charge in [-0.3, -0.25) is 0 Å². The van der Waals surface area contributed by atoms with Crippen LogP contribution in [-0.2, 0) is 16.0 Å². The molecule has 0 spiro atoms. The van der Waals surface area contributed by atoms with Gasteiger partial charge in [0, 0.05) is 28.4 Å². The van der Waals surface area contributed by atoms with Gasteiger partial charge in [0.05, 0.1) is 24.1 Å². The van der Waals surface area contributed by atoms with Crippen LogP contribution in [0.15, 0.2) is 73.1 Å². The van der Waals surface area contributed by atoms with Crippen molar-refractivity contribution < 1.29 is 65.2 Å². The highest BCUT2D eigenvalue weighted by atomic mass is 19.4. The van der Waals surface area contributed by atoms with Crippen LogP contribution in [0.4, 0.5) is 42.2 Å². The molecule has 5 rings (SSSR count). The number of nitrogens with two attached hydrogens (primary N) is 1. The second kappa shape index (κ2) is 17.2. The van der Waals surface area contributed by atoms with E-state index in [1.54, 1.807) is 36.7 Å². The summed E-state index contributed by atoms with van der Waals surface area (Å²) in [4.78, 5) is 41.3. The number of ether oxygens (including phenoxy) is 1. The summed E-state index contributed by atoms with van der Waals surface area (Å²) in [6.07, 6.45) is -6.22. The minimum atomic E-state index is -5.08. The summed E-state index contributed by atoms with van der Waals surface area (Å²) in [5.41, 5.74) is 9.45. The molecular weight excluding hydrogens is 723 g/mol. The lowest BCUT2D eigenvalue weighted by Gasteiger charge is -2.22. The Morgan fingerprint density at radius 2 is 1.55 bits per heavy atom. The number of aromatic carboxylic acids is 1. The van der Waals surface area contributed by atoms with Crippen molar-refractivity contribution in [3.63, 3.8) is 0 Å². The molecule has 1 atom stereocenters. The SMILES string of the molecule is CCOc1cc(CC)cc(C(Nc2ccc3c(N)nccc3c2)c2ncc(-c3cccc(C(=O)O)c3)[nH]2)c1F.O=C(O)C(F)(F)F.O=C(O)C(F)(F)F. The van der Waals surface area contributed by atoms with E-state index in [1.165, 1.54) is 6.07 Å². The van der Waals surface area contributed by atoms with Crippen molar-refractivity contribution in [1.82, 2.24) is 15.0 Å². The van der Waals surface area contributed by atoms with Gasteiger partial charge in [-0.15, -0.1) is 0 Å². The highest BCUT2D eigenvalue weighted by Gasteiger charge is 2.39. The maximum absolute atomic E-state index is 15.9. The average Bonchev–Trinajstić information content (AvgIpc) is 3.58. The van der Waals surface area contributed by atoms with Crippen molar-refractivity contribution in [2.45, 2.75) is 38.7 Å². The number of aryl methyl sites for hydroxylation is 1. The number of aliphatic carboxylic acids is 2. The molecule has 7 N–H and O–H groups in total. The summed E-state index contributed by atoms with van der Waals surface area (Å²) >= 11 is 0. The molecule has 19 heteroatoms. The predicted molar refractivity (Wildman–Crippen MR) is 177 cm³/mol. The Hall–Kier alpha value is -6.40. The number of carbonyl (C=O) groups is 3. The van der Waals surface area contributed by atoms with Crippen LogP contribution in [0.2, 0.25) is 0 Å². The van der Waals surface area contributed by atoms with Gasteiger partial charge in [0.15, 0.2) is 11.6 Å². The molecular formula is C34H30F7N5O7. The van der Waals surface area contributed by atoms with Crippen LogP contribution >= 0.6 is 0 Å². The molecule has 5 aromatic rings. The number of carboxylic acid groups (broad SMARTS) is 3. The number of aromatic amines is 1. The zero-order valence-electron chi connectivity index (χ0n) is 27.5. The zero-order valence-corrected chi connectivity index (χ0v) is 27.5. The fraction of sp³-hybridized carbons (Fsp3) is 0.206. The molecule has 2 heterocycles. The molecule has 282 valence electrons. The van der Waals surface area contributed by atoms with Gasteiger partial charge in [-0.25, -0.2) is 28.7 Å². The topological polar surface area (TPSA) is 201 Å². The number of hydrogen-bond donors (Lipinski definition) is 6. The van der Waals surface area contributed by atoms with E-state index in [1.807, 2.05) is 44.2 Å². The Bertz CT molecular complexity index is 2060. The number of benzene rings is 3. The van der Waals surface area contributed by atoms with Crippen molar-refractivity contribution >= 4 is 40.2 Å². The maximum atomic E-state index is 15.9. The number of alkyl halides is 6. The first kappa shape index (κ1) is 41.0. The number of nitrogens with zero attached hydrogens (tertiary/aromatic N) is 2. The monoisotopic (exact) mass is 753 g/mol. The number of hydrogen-bond acceptors (Lipinski definition) is 8. The molecule has 0 bridgehead atoms. The standard InChI is InChI=1S/C30H28FN5O3.2C2HF3O2/c1-3-17-12-23(26(31)25(13-17)39-4-2)27(35-21-8-9-22-18(15-21)10-11-33-28(22)32)29-34-16-24(36-29)19-6-5-7-20(14-19)30(37)38;2*3-2(4,5)1(6)7/h5-16,27,35H,3-4H2,1-2H3,(H2,32,33)(H,34,36)(H,37,38);2*(H,6,7). The van der Waals surface area contributed by atoms with E-state index in [0.29, 0.717) is 41.5 Å². The van der Waals surface area contributed by atoms with Gasteiger partial charge in [0.1, 0.15) is 17.7 Å². The molecule has 0 aliphatic rings. The number of H-pyrrole nitrogens is 1. The number of nitrogens with one attached hydrogen (secondary N) is 2. The Balaban J connectivity index is 0.000000458. The highest BCUT2D eigenvalue weighted by Crippen LogP contribution is 2.35. The third-order valence-corrected chi connectivity index (χ3v) is 7.03. The summed E-state index contributed by atoms with van der Waals surface area (Å²) < 4.78 is 85.0. The molecule has 0 fully saturated rings. The van der Waals surface area contributed by atoms with E-state index in [4.69, 9.17) is 30.3 Å². The van der Waals surface area contributed by atoms with Crippen molar-refractivity contribution in [3.8, 4) is 17.0 Å². The number of halogens is 7. The minimum absolute atomic E-state index is 0.159. The second-order valence-corrected chi connectivity index (χ2v) is 10.7. The fourth-order valence-corrected chi connectivity index (χ4v) is 4.55. The first-order valence-corrected chi connectivity index (χ1v) is 15.1. The second-order valence-electron chi connectivity index (χ2n) is 10.7. The fourth-order valence-electron chi connectivity index (χ4n) is 4.55. The first-order valence-electron chi connectivity index (χ1n) is 15.1. The first-order chi connectivity index (χ1) is 24.8. The van der Waals surface area contributed by atoms with Crippen molar-refractivity contribution in [2.75, 3.05) is 17.7 Å². The summed E-state index contributed by atoms with van der Waals surface area (Å²) in [5.74, 6) is -5.96. The van der Waals surface area contributed by atoms with E-state index in [0.717, 1.165) is 22.0 Å². The molecule has 1 unspecified atom stereocenters. The molecule has 3 aromatic carbocycles. The molecule has 53 heavy (non-hydrogen) atoms. The molecule has 0 amide bonds. The van der Waals surface area contributed by atoms with Crippen molar-refractivity contribution in [2.24, 2.45) is 0 Å². The van der Waals surface area contributed by atoms with Crippen molar-refractivity contribution in [1.29, 1.82) is 0 Å². The van der Waals surface area contributed by atoms with Gasteiger partial charge in [0.25, 0.3) is 0 Å². The van der Waals surface area contributed by atoms with E-state index < -0.39 is 42.1 Å². The van der Waals surface area contributed by atoms with Crippen LogP contribution < -0.4 is 15.8 Å². The smallest absolute Gasteiger partial charge is 0.490 e. The quantitative estimate of drug-likeness (QED) is 0.0816. The zero-order chi connectivity index (χ0) is 39.7. The van der Waals surface area contributed by atoms with E-state index >= 15 is 4.39 Å². The van der Waals surface area contributed by atoms with Gasteiger partial charge < -0.3 is 36.1 Å². The molecule has 0 saturated carbocycles. The van der Waals surface area contributed by atoms with Crippen LogP contribution in [-0.4, -0.2) is 67.1 Å². The van der Waals surface area contributed by atoms with Crippen LogP contribution in [0.5, 0.6) is 5.75 Å². The lowest BCUT2D eigenvalue weighted by Crippen LogP contribution is -2.21. The van der Waals surface area contributed by atoms with Crippen LogP contribution in [0, 0.1) is 5.82 Å². The molecule has 0 radical (unpaired) electrons. The molecule has 0 aliphatic carbocycles. The largest absolute Gasteiger partial charge is 0.491 e. The average molecular weight is 754 g/mol. The normalized spacial score (nSPS) is 11.7. The number of carboxylic acids is 3. The summed E-state index contributed by atoms with van der Waals surface area (Å²) in [7, 11) is 0. The Morgan fingerprint density at radius 1 is 0.906 bits per heavy atom. The number of imidazole rings is 1. The van der Waals surface area contributed by atoms with Crippen LogP contribution in [0.3, 0.4) is 0 Å². The van der Waals surface area contributed by atoms with E-state index in [9.17, 15) is 36.2 Å². The Kier molecular flexibility index (Phi) is 13.3. The number of rotatable bonds is 9.